The summed E-state index contributed by atoms with van der Waals surface area (Å²) in [5.74, 6) is 0.0883. The van der Waals surface area contributed by atoms with Crippen LogP contribution in [0.5, 0.6) is 0 Å². The standard InChI is InChI=1S/C19H18N2OS/c1-19(2)17-16-13(6-5-7-15(16)21(3)18(19)22)12-9-8-11(23-4)10-14(12)20-17/h5-10H,1-4H3. The Balaban J connectivity index is 2.23. The van der Waals surface area contributed by atoms with E-state index < -0.39 is 5.41 Å². The van der Waals surface area contributed by atoms with Crippen molar-refractivity contribution in [3.05, 3.63) is 42.1 Å². The van der Waals surface area contributed by atoms with E-state index in [0.717, 1.165) is 27.7 Å². The molecule has 0 saturated heterocycles. The van der Waals surface area contributed by atoms with Crippen molar-refractivity contribution in [2.75, 3.05) is 18.2 Å². The third kappa shape index (κ3) is 1.84. The zero-order chi connectivity index (χ0) is 16.4. The Bertz CT molecular complexity index is 978. The molecule has 0 N–H and O–H groups in total. The highest BCUT2D eigenvalue weighted by atomic mass is 32.2. The molecule has 3 nitrogen and oxygen atoms in total. The summed E-state index contributed by atoms with van der Waals surface area (Å²) in [5, 5.41) is 3.41. The van der Waals surface area contributed by atoms with Gasteiger partial charge in [-0.1, -0.05) is 18.2 Å². The van der Waals surface area contributed by atoms with Crippen molar-refractivity contribution in [1.29, 1.82) is 0 Å². The van der Waals surface area contributed by atoms with E-state index in [1.54, 1.807) is 16.7 Å². The summed E-state index contributed by atoms with van der Waals surface area (Å²) in [4.78, 5) is 20.7. The molecule has 2 heterocycles. The van der Waals surface area contributed by atoms with Crippen LogP contribution in [0.15, 0.2) is 41.3 Å². The van der Waals surface area contributed by atoms with E-state index in [4.69, 9.17) is 4.98 Å². The first-order valence-electron chi connectivity index (χ1n) is 7.64. The number of fused-ring (bicyclic) bond motifs is 2. The number of pyridine rings is 1. The van der Waals surface area contributed by atoms with Crippen LogP contribution < -0.4 is 4.90 Å². The van der Waals surface area contributed by atoms with E-state index >= 15 is 0 Å². The van der Waals surface area contributed by atoms with Gasteiger partial charge in [-0.25, -0.2) is 0 Å². The number of anilines is 1. The molecule has 2 aromatic carbocycles. The van der Waals surface area contributed by atoms with Crippen LogP contribution in [0, 0.1) is 0 Å². The number of rotatable bonds is 1. The average molecular weight is 322 g/mol. The molecule has 0 unspecified atom stereocenters. The van der Waals surface area contributed by atoms with Crippen LogP contribution in [0.1, 0.15) is 19.5 Å². The van der Waals surface area contributed by atoms with Crippen molar-refractivity contribution in [1.82, 2.24) is 4.98 Å². The number of hydrogen-bond acceptors (Lipinski definition) is 3. The van der Waals surface area contributed by atoms with Crippen LogP contribution in [-0.2, 0) is 10.2 Å². The Morgan fingerprint density at radius 1 is 1.13 bits per heavy atom. The molecule has 4 rings (SSSR count). The van der Waals surface area contributed by atoms with Crippen LogP contribution in [0.4, 0.5) is 5.69 Å². The minimum absolute atomic E-state index is 0.0883. The van der Waals surface area contributed by atoms with E-state index in [9.17, 15) is 4.79 Å². The Kier molecular flexibility index (Phi) is 2.97. The van der Waals surface area contributed by atoms with Gasteiger partial charge in [-0.15, -0.1) is 11.8 Å². The molecule has 0 atom stereocenters. The van der Waals surface area contributed by atoms with Crippen LogP contribution in [-0.4, -0.2) is 24.2 Å². The monoisotopic (exact) mass is 322 g/mol. The maximum atomic E-state index is 12.8. The van der Waals surface area contributed by atoms with Crippen LogP contribution >= 0.6 is 11.8 Å². The van der Waals surface area contributed by atoms with Gasteiger partial charge in [-0.3, -0.25) is 9.78 Å². The van der Waals surface area contributed by atoms with Crippen LogP contribution in [0.2, 0.25) is 0 Å². The van der Waals surface area contributed by atoms with Gasteiger partial charge in [-0.2, -0.15) is 0 Å². The van der Waals surface area contributed by atoms with Crippen molar-refractivity contribution >= 4 is 45.0 Å². The smallest absolute Gasteiger partial charge is 0.238 e. The second kappa shape index (κ2) is 4.71. The highest BCUT2D eigenvalue weighted by Gasteiger charge is 2.41. The number of carbonyl (C=O) groups is 1. The summed E-state index contributed by atoms with van der Waals surface area (Å²) < 4.78 is 0. The first-order valence-corrected chi connectivity index (χ1v) is 8.86. The Morgan fingerprint density at radius 2 is 1.91 bits per heavy atom. The Labute approximate surface area is 139 Å². The predicted molar refractivity (Wildman–Crippen MR) is 97.5 cm³/mol. The van der Waals surface area contributed by atoms with Crippen molar-refractivity contribution in [2.45, 2.75) is 24.2 Å². The number of thioether (sulfide) groups is 1. The zero-order valence-electron chi connectivity index (χ0n) is 13.7. The molecule has 0 saturated carbocycles. The average Bonchev–Trinajstić information content (AvgIpc) is 2.57. The minimum Gasteiger partial charge on any atom is -0.314 e. The normalized spacial score (nSPS) is 16.3. The van der Waals surface area contributed by atoms with Gasteiger partial charge in [-0.05, 0) is 43.7 Å². The van der Waals surface area contributed by atoms with Gasteiger partial charge in [0.1, 0.15) is 0 Å². The first-order chi connectivity index (χ1) is 10.9. The molecule has 0 aliphatic carbocycles. The van der Waals surface area contributed by atoms with Gasteiger partial charge in [0.05, 0.1) is 22.3 Å². The molecular weight excluding hydrogens is 304 g/mol. The number of carbonyl (C=O) groups excluding carboxylic acids is 1. The number of likely N-dealkylation sites (N-methyl/N-ethyl adjacent to an activating group) is 1. The summed E-state index contributed by atoms with van der Waals surface area (Å²) in [5.41, 5.74) is 2.18. The number of hydrogen-bond donors (Lipinski definition) is 0. The Morgan fingerprint density at radius 3 is 2.65 bits per heavy atom. The summed E-state index contributed by atoms with van der Waals surface area (Å²) >= 11 is 1.71. The molecule has 23 heavy (non-hydrogen) atoms. The molecule has 1 amide bonds. The van der Waals surface area contributed by atoms with Gasteiger partial charge in [0, 0.05) is 22.7 Å². The number of benzene rings is 2. The van der Waals surface area contributed by atoms with Crippen molar-refractivity contribution < 1.29 is 4.79 Å². The second-order valence-electron chi connectivity index (χ2n) is 6.53. The van der Waals surface area contributed by atoms with E-state index in [-0.39, 0.29) is 5.91 Å². The molecule has 0 fully saturated rings. The minimum atomic E-state index is -0.620. The highest BCUT2D eigenvalue weighted by Crippen LogP contribution is 2.43. The molecule has 0 radical (unpaired) electrons. The molecule has 1 aromatic heterocycles. The van der Waals surface area contributed by atoms with Gasteiger partial charge in [0.2, 0.25) is 5.91 Å². The lowest BCUT2D eigenvalue weighted by atomic mass is 9.80. The molecule has 1 aliphatic heterocycles. The fraction of sp³-hybridized carbons (Fsp3) is 0.263. The highest BCUT2D eigenvalue weighted by molar-refractivity contribution is 7.98. The van der Waals surface area contributed by atoms with Crippen LogP contribution in [0.3, 0.4) is 0 Å². The molecule has 3 aromatic rings. The summed E-state index contributed by atoms with van der Waals surface area (Å²) in [7, 11) is 1.85. The van der Waals surface area contributed by atoms with Gasteiger partial charge in [0.15, 0.2) is 0 Å². The molecule has 1 aliphatic rings. The molecule has 0 spiro atoms. The zero-order valence-corrected chi connectivity index (χ0v) is 14.5. The summed E-state index contributed by atoms with van der Waals surface area (Å²) in [6.45, 7) is 3.93. The fourth-order valence-electron chi connectivity index (χ4n) is 3.51. The van der Waals surface area contributed by atoms with E-state index in [1.807, 2.05) is 33.0 Å². The first kappa shape index (κ1) is 14.5. The lowest BCUT2D eigenvalue weighted by Gasteiger charge is -2.36. The summed E-state index contributed by atoms with van der Waals surface area (Å²) in [6.07, 6.45) is 2.06. The molecule has 116 valence electrons. The van der Waals surface area contributed by atoms with Gasteiger partial charge >= 0.3 is 0 Å². The molecule has 4 heteroatoms. The molecular formula is C19H18N2OS. The predicted octanol–water partition coefficient (Wildman–Crippen LogP) is 4.36. The SMILES string of the molecule is CSc1ccc2c(c1)nc1c3c(cccc32)N(C)C(=O)C1(C)C. The van der Waals surface area contributed by atoms with Gasteiger partial charge in [0.25, 0.3) is 0 Å². The quantitative estimate of drug-likeness (QED) is 0.493. The van der Waals surface area contributed by atoms with E-state index in [1.165, 1.54) is 10.3 Å². The molecule has 0 bridgehead atoms. The van der Waals surface area contributed by atoms with E-state index in [0.29, 0.717) is 0 Å². The fourth-order valence-corrected chi connectivity index (χ4v) is 3.94. The maximum Gasteiger partial charge on any atom is 0.238 e. The number of amides is 1. The lowest BCUT2D eigenvalue weighted by Crippen LogP contribution is -2.45. The van der Waals surface area contributed by atoms with Crippen molar-refractivity contribution in [3.63, 3.8) is 0 Å². The second-order valence-corrected chi connectivity index (χ2v) is 7.41. The van der Waals surface area contributed by atoms with E-state index in [2.05, 4.69) is 30.5 Å². The summed E-state index contributed by atoms with van der Waals surface area (Å²) in [6, 6.07) is 12.5. The largest absolute Gasteiger partial charge is 0.314 e. The maximum absolute atomic E-state index is 12.8. The number of aromatic nitrogens is 1. The lowest BCUT2D eigenvalue weighted by molar-refractivity contribution is -0.123. The number of nitrogens with zero attached hydrogens (tertiary/aromatic N) is 2. The van der Waals surface area contributed by atoms with Crippen molar-refractivity contribution in [2.24, 2.45) is 0 Å². The van der Waals surface area contributed by atoms with Crippen molar-refractivity contribution in [3.8, 4) is 0 Å². The third-order valence-electron chi connectivity index (χ3n) is 4.80. The van der Waals surface area contributed by atoms with Gasteiger partial charge < -0.3 is 4.90 Å². The third-order valence-corrected chi connectivity index (χ3v) is 5.52. The topological polar surface area (TPSA) is 33.2 Å². The van der Waals surface area contributed by atoms with Crippen LogP contribution in [0.25, 0.3) is 21.7 Å². The Hall–Kier alpha value is -2.07.